The van der Waals surface area contributed by atoms with Crippen LogP contribution in [0.5, 0.6) is 0 Å². The molecule has 130 valence electrons. The molecule has 1 aliphatic rings. The molecule has 4 heteroatoms. The van der Waals surface area contributed by atoms with Crippen molar-refractivity contribution in [2.24, 2.45) is 5.92 Å². The molecule has 2 aromatic carbocycles. The molecule has 1 heterocycles. The lowest BCUT2D eigenvalue weighted by molar-refractivity contribution is -0.128. The molecule has 4 nitrogen and oxygen atoms in total. The molecule has 0 saturated carbocycles. The summed E-state index contributed by atoms with van der Waals surface area (Å²) < 4.78 is 0. The highest BCUT2D eigenvalue weighted by molar-refractivity contribution is 5.97. The van der Waals surface area contributed by atoms with E-state index in [9.17, 15) is 9.59 Å². The van der Waals surface area contributed by atoms with Crippen LogP contribution in [0.25, 0.3) is 0 Å². The number of amides is 2. The normalized spacial score (nSPS) is 17.2. The highest BCUT2D eigenvalue weighted by Gasteiger charge is 2.34. The van der Waals surface area contributed by atoms with Gasteiger partial charge in [0.2, 0.25) is 11.8 Å². The van der Waals surface area contributed by atoms with Crippen molar-refractivity contribution in [2.45, 2.75) is 32.7 Å². The zero-order valence-electron chi connectivity index (χ0n) is 14.7. The van der Waals surface area contributed by atoms with Crippen molar-refractivity contribution in [1.82, 2.24) is 4.90 Å². The minimum Gasteiger partial charge on any atom is -0.338 e. The fourth-order valence-electron chi connectivity index (χ4n) is 3.10. The van der Waals surface area contributed by atoms with E-state index in [1.54, 1.807) is 4.90 Å². The van der Waals surface area contributed by atoms with Gasteiger partial charge in [-0.25, -0.2) is 0 Å². The summed E-state index contributed by atoms with van der Waals surface area (Å²) in [5, 5.41) is 2.94. The van der Waals surface area contributed by atoms with Gasteiger partial charge in [0.05, 0.1) is 5.92 Å². The molecule has 1 aliphatic heterocycles. The zero-order valence-corrected chi connectivity index (χ0v) is 14.7. The van der Waals surface area contributed by atoms with Gasteiger partial charge in [-0.05, 0) is 29.2 Å². The summed E-state index contributed by atoms with van der Waals surface area (Å²) in [6, 6.07) is 17.8. The van der Waals surface area contributed by atoms with Gasteiger partial charge in [-0.2, -0.15) is 0 Å². The summed E-state index contributed by atoms with van der Waals surface area (Å²) in [5.74, 6) is 0.130. The first-order chi connectivity index (χ1) is 12.0. The van der Waals surface area contributed by atoms with E-state index in [1.807, 2.05) is 54.6 Å². The van der Waals surface area contributed by atoms with Crippen molar-refractivity contribution in [3.05, 3.63) is 65.7 Å². The third-order valence-corrected chi connectivity index (χ3v) is 4.65. The third-order valence-electron chi connectivity index (χ3n) is 4.65. The maximum absolute atomic E-state index is 12.5. The van der Waals surface area contributed by atoms with E-state index in [1.165, 1.54) is 5.56 Å². The number of nitrogens with one attached hydrogen (secondary N) is 1. The molecule has 0 radical (unpaired) electrons. The van der Waals surface area contributed by atoms with E-state index in [-0.39, 0.29) is 24.2 Å². The monoisotopic (exact) mass is 336 g/mol. The topological polar surface area (TPSA) is 49.4 Å². The van der Waals surface area contributed by atoms with E-state index in [0.29, 0.717) is 19.0 Å². The number of carbonyl (C=O) groups is 2. The number of nitrogens with zero attached hydrogens (tertiary/aromatic N) is 1. The van der Waals surface area contributed by atoms with E-state index < -0.39 is 0 Å². The maximum Gasteiger partial charge on any atom is 0.229 e. The highest BCUT2D eigenvalue weighted by atomic mass is 16.2. The summed E-state index contributed by atoms with van der Waals surface area (Å²) in [6.07, 6.45) is 0.281. The molecule has 1 fully saturated rings. The molecule has 1 saturated heterocycles. The molecule has 25 heavy (non-hydrogen) atoms. The van der Waals surface area contributed by atoms with Crippen molar-refractivity contribution >= 4 is 17.5 Å². The van der Waals surface area contributed by atoms with Gasteiger partial charge >= 0.3 is 0 Å². The van der Waals surface area contributed by atoms with Crippen molar-refractivity contribution in [3.8, 4) is 0 Å². The number of carbonyl (C=O) groups excluding carboxylic acids is 2. The van der Waals surface area contributed by atoms with Crippen LogP contribution < -0.4 is 5.32 Å². The number of anilines is 1. The van der Waals surface area contributed by atoms with Gasteiger partial charge in [0, 0.05) is 25.2 Å². The molecule has 0 aromatic heterocycles. The molecule has 1 N–H and O–H groups in total. The molecule has 0 unspecified atom stereocenters. The van der Waals surface area contributed by atoms with Crippen LogP contribution in [0, 0.1) is 5.92 Å². The SMILES string of the molecule is CC(C)c1ccc(NC(=O)[C@@H]2CC(=O)N(Cc3ccccc3)C2)cc1. The predicted molar refractivity (Wildman–Crippen MR) is 99.1 cm³/mol. The van der Waals surface area contributed by atoms with Crippen molar-refractivity contribution < 1.29 is 9.59 Å². The first-order valence-corrected chi connectivity index (χ1v) is 8.75. The van der Waals surface area contributed by atoms with Crippen molar-refractivity contribution in [3.63, 3.8) is 0 Å². The lowest BCUT2D eigenvalue weighted by Gasteiger charge is -2.16. The molecule has 0 bridgehead atoms. The fraction of sp³-hybridized carbons (Fsp3) is 0.333. The summed E-state index contributed by atoms with van der Waals surface area (Å²) in [6.45, 7) is 5.31. The molecule has 1 atom stereocenters. The van der Waals surface area contributed by atoms with Crippen LogP contribution in [0.1, 0.15) is 37.3 Å². The Balaban J connectivity index is 1.58. The van der Waals surface area contributed by atoms with E-state index in [2.05, 4.69) is 19.2 Å². The summed E-state index contributed by atoms with van der Waals surface area (Å²) in [4.78, 5) is 26.5. The predicted octanol–water partition coefficient (Wildman–Crippen LogP) is 3.80. The molecule has 0 aliphatic carbocycles. The van der Waals surface area contributed by atoms with E-state index >= 15 is 0 Å². The Labute approximate surface area is 148 Å². The van der Waals surface area contributed by atoms with E-state index in [4.69, 9.17) is 0 Å². The Morgan fingerprint density at radius 1 is 1.12 bits per heavy atom. The third kappa shape index (κ3) is 4.27. The van der Waals surface area contributed by atoms with Crippen LogP contribution in [0.3, 0.4) is 0 Å². The molecular weight excluding hydrogens is 312 g/mol. The number of benzene rings is 2. The second-order valence-corrected chi connectivity index (χ2v) is 6.93. The minimum absolute atomic E-state index is 0.0409. The second-order valence-electron chi connectivity index (χ2n) is 6.93. The molecular formula is C21H24N2O2. The Kier molecular flexibility index (Phi) is 5.17. The summed E-state index contributed by atoms with van der Waals surface area (Å²) >= 11 is 0. The van der Waals surface area contributed by atoms with Crippen molar-refractivity contribution in [2.75, 3.05) is 11.9 Å². The zero-order chi connectivity index (χ0) is 17.8. The number of likely N-dealkylation sites (tertiary alicyclic amines) is 1. The Bertz CT molecular complexity index is 738. The molecule has 2 aromatic rings. The second kappa shape index (κ2) is 7.51. The van der Waals surface area contributed by atoms with Crippen LogP contribution in [0.4, 0.5) is 5.69 Å². The van der Waals surface area contributed by atoms with Gasteiger partial charge in [-0.15, -0.1) is 0 Å². The average Bonchev–Trinajstić information content (AvgIpc) is 2.97. The largest absolute Gasteiger partial charge is 0.338 e. The Morgan fingerprint density at radius 3 is 2.44 bits per heavy atom. The molecule has 2 amide bonds. The number of rotatable bonds is 5. The molecule has 3 rings (SSSR count). The van der Waals surface area contributed by atoms with Gasteiger partial charge in [-0.1, -0.05) is 56.3 Å². The lowest BCUT2D eigenvalue weighted by atomic mass is 10.0. The molecule has 0 spiro atoms. The highest BCUT2D eigenvalue weighted by Crippen LogP contribution is 2.23. The summed E-state index contributed by atoms with van der Waals surface area (Å²) in [5.41, 5.74) is 3.10. The van der Waals surface area contributed by atoms with Crippen LogP contribution in [-0.4, -0.2) is 23.3 Å². The summed E-state index contributed by atoms with van der Waals surface area (Å²) in [7, 11) is 0. The van der Waals surface area contributed by atoms with Crippen LogP contribution in [-0.2, 0) is 16.1 Å². The Hall–Kier alpha value is -2.62. The first-order valence-electron chi connectivity index (χ1n) is 8.75. The quantitative estimate of drug-likeness (QED) is 0.903. The van der Waals surface area contributed by atoms with Crippen molar-refractivity contribution in [1.29, 1.82) is 0 Å². The smallest absolute Gasteiger partial charge is 0.229 e. The number of hydrogen-bond acceptors (Lipinski definition) is 2. The minimum atomic E-state index is -0.291. The van der Waals surface area contributed by atoms with Gasteiger partial charge in [0.1, 0.15) is 0 Å². The van der Waals surface area contributed by atoms with Crippen LogP contribution in [0.2, 0.25) is 0 Å². The average molecular weight is 336 g/mol. The van der Waals surface area contributed by atoms with E-state index in [0.717, 1.165) is 11.3 Å². The van der Waals surface area contributed by atoms with Gasteiger partial charge in [0.15, 0.2) is 0 Å². The van der Waals surface area contributed by atoms with Gasteiger partial charge in [0.25, 0.3) is 0 Å². The van der Waals surface area contributed by atoms with Gasteiger partial charge < -0.3 is 10.2 Å². The van der Waals surface area contributed by atoms with Crippen LogP contribution >= 0.6 is 0 Å². The standard InChI is InChI=1S/C21H24N2O2/c1-15(2)17-8-10-19(11-9-17)22-21(25)18-12-20(24)23(14-18)13-16-6-4-3-5-7-16/h3-11,15,18H,12-14H2,1-2H3,(H,22,25)/t18-/m1/s1. The van der Waals surface area contributed by atoms with Gasteiger partial charge in [-0.3, -0.25) is 9.59 Å². The first kappa shape index (κ1) is 17.2. The van der Waals surface area contributed by atoms with Crippen LogP contribution in [0.15, 0.2) is 54.6 Å². The number of hydrogen-bond donors (Lipinski definition) is 1. The maximum atomic E-state index is 12.5. The lowest BCUT2D eigenvalue weighted by Crippen LogP contribution is -2.28. The fourth-order valence-corrected chi connectivity index (χ4v) is 3.10. The Morgan fingerprint density at radius 2 is 1.80 bits per heavy atom.